The first-order chi connectivity index (χ1) is 14.1. The molecule has 1 atom stereocenters. The molecule has 1 aliphatic carbocycles. The number of allylic oxidation sites excluding steroid dienone is 1. The van der Waals surface area contributed by atoms with Gasteiger partial charge in [-0.25, -0.2) is 13.2 Å². The molecule has 0 radical (unpaired) electrons. The molecular formula is C25H27F3O. The molecular weight excluding hydrogens is 373 g/mol. The minimum Gasteiger partial charge on any atom is -0.368 e. The van der Waals surface area contributed by atoms with E-state index in [2.05, 4.69) is 0 Å². The van der Waals surface area contributed by atoms with Crippen LogP contribution < -0.4 is 0 Å². The summed E-state index contributed by atoms with van der Waals surface area (Å²) in [6.45, 7) is 2.39. The van der Waals surface area contributed by atoms with Gasteiger partial charge in [-0.1, -0.05) is 36.4 Å². The van der Waals surface area contributed by atoms with Gasteiger partial charge in [0.2, 0.25) is 0 Å². The first-order valence-electron chi connectivity index (χ1n) is 10.6. The summed E-state index contributed by atoms with van der Waals surface area (Å²) < 4.78 is 48.2. The highest BCUT2D eigenvalue weighted by Crippen LogP contribution is 2.41. The van der Waals surface area contributed by atoms with Crippen molar-refractivity contribution in [1.29, 1.82) is 0 Å². The van der Waals surface area contributed by atoms with E-state index in [-0.39, 0.29) is 17.8 Å². The second kappa shape index (κ2) is 8.74. The maximum absolute atomic E-state index is 14.6. The number of halogens is 3. The van der Waals surface area contributed by atoms with Crippen molar-refractivity contribution < 1.29 is 17.9 Å². The summed E-state index contributed by atoms with van der Waals surface area (Å²) in [6, 6.07) is 8.82. The maximum atomic E-state index is 14.6. The van der Waals surface area contributed by atoms with Gasteiger partial charge in [0.25, 0.3) is 0 Å². The number of aryl methyl sites for hydroxylation is 1. The van der Waals surface area contributed by atoms with Gasteiger partial charge in [0.05, 0.1) is 6.61 Å². The molecule has 2 aromatic rings. The van der Waals surface area contributed by atoms with Crippen molar-refractivity contribution in [2.24, 2.45) is 5.92 Å². The van der Waals surface area contributed by atoms with Gasteiger partial charge in [-0.15, -0.1) is 0 Å². The summed E-state index contributed by atoms with van der Waals surface area (Å²) in [5, 5.41) is 0. The Labute approximate surface area is 170 Å². The molecule has 1 nitrogen and oxygen atoms in total. The van der Waals surface area contributed by atoms with Crippen molar-refractivity contribution >= 4 is 6.08 Å². The lowest BCUT2D eigenvalue weighted by molar-refractivity contribution is 0.303. The lowest BCUT2D eigenvalue weighted by Crippen LogP contribution is -2.16. The van der Waals surface area contributed by atoms with E-state index in [0.29, 0.717) is 23.7 Å². The van der Waals surface area contributed by atoms with Crippen LogP contribution in [0.15, 0.2) is 36.4 Å². The monoisotopic (exact) mass is 400 g/mol. The fraction of sp³-hybridized carbons (Fsp3) is 0.440. The van der Waals surface area contributed by atoms with Crippen LogP contribution in [-0.4, -0.2) is 6.61 Å². The van der Waals surface area contributed by atoms with Crippen LogP contribution in [-0.2, 0) is 11.2 Å². The second-order valence-electron chi connectivity index (χ2n) is 8.30. The zero-order valence-electron chi connectivity index (χ0n) is 16.8. The molecule has 154 valence electrons. The molecule has 2 aliphatic rings. The lowest BCUT2D eigenvalue weighted by atomic mass is 9.76. The number of rotatable bonds is 6. The fourth-order valence-corrected chi connectivity index (χ4v) is 4.56. The standard InChI is InChI=1S/C25H27F3O/c1-2-3-17-7-11-19(22(26)14-17)10-6-16-4-8-18(9-5-16)20-12-13-21(23-15-29-23)25(28)24(20)27/h2-3,7,11-14,16,18,23H,4-6,8-10,15H2,1H3/b3-2+. The average Bonchev–Trinajstić information content (AvgIpc) is 3.55. The van der Waals surface area contributed by atoms with Crippen LogP contribution in [0, 0.1) is 23.4 Å². The van der Waals surface area contributed by atoms with Gasteiger partial charge in [0.15, 0.2) is 11.6 Å². The summed E-state index contributed by atoms with van der Waals surface area (Å²) in [7, 11) is 0. The van der Waals surface area contributed by atoms with Crippen LogP contribution >= 0.6 is 0 Å². The number of ether oxygens (including phenoxy) is 1. The zero-order chi connectivity index (χ0) is 20.4. The maximum Gasteiger partial charge on any atom is 0.165 e. The molecule has 0 amide bonds. The van der Waals surface area contributed by atoms with Crippen LogP contribution in [0.2, 0.25) is 0 Å². The summed E-state index contributed by atoms with van der Waals surface area (Å²) in [4.78, 5) is 0. The number of epoxide rings is 1. The molecule has 1 unspecified atom stereocenters. The zero-order valence-corrected chi connectivity index (χ0v) is 16.8. The summed E-state index contributed by atoms with van der Waals surface area (Å²) >= 11 is 0. The molecule has 0 aromatic heterocycles. The second-order valence-corrected chi connectivity index (χ2v) is 8.30. The minimum absolute atomic E-state index is 0.0618. The van der Waals surface area contributed by atoms with Crippen molar-refractivity contribution in [1.82, 2.24) is 0 Å². The lowest BCUT2D eigenvalue weighted by Gasteiger charge is -2.29. The van der Waals surface area contributed by atoms with E-state index in [1.54, 1.807) is 18.2 Å². The van der Waals surface area contributed by atoms with Crippen LogP contribution in [0.1, 0.15) is 73.3 Å². The van der Waals surface area contributed by atoms with Gasteiger partial charge in [-0.3, -0.25) is 0 Å². The van der Waals surface area contributed by atoms with E-state index in [1.807, 2.05) is 31.2 Å². The molecule has 2 fully saturated rings. The van der Waals surface area contributed by atoms with Gasteiger partial charge in [-0.2, -0.15) is 0 Å². The van der Waals surface area contributed by atoms with E-state index >= 15 is 0 Å². The highest BCUT2D eigenvalue weighted by Gasteiger charge is 2.32. The van der Waals surface area contributed by atoms with Gasteiger partial charge in [0, 0.05) is 5.56 Å². The molecule has 4 rings (SSSR count). The topological polar surface area (TPSA) is 12.5 Å². The molecule has 1 saturated heterocycles. The van der Waals surface area contributed by atoms with Gasteiger partial charge in [-0.05, 0) is 80.0 Å². The summed E-state index contributed by atoms with van der Waals surface area (Å²) in [5.41, 5.74) is 2.47. The Kier molecular flexibility index (Phi) is 6.09. The normalized spacial score (nSPS) is 24.2. The van der Waals surface area contributed by atoms with Crippen LogP contribution in [0.5, 0.6) is 0 Å². The van der Waals surface area contributed by atoms with Crippen LogP contribution in [0.3, 0.4) is 0 Å². The first kappa shape index (κ1) is 20.2. The largest absolute Gasteiger partial charge is 0.368 e. The highest BCUT2D eigenvalue weighted by atomic mass is 19.2. The van der Waals surface area contributed by atoms with Crippen molar-refractivity contribution in [2.75, 3.05) is 6.61 Å². The Bertz CT molecular complexity index is 893. The predicted octanol–water partition coefficient (Wildman–Crippen LogP) is 7.11. The van der Waals surface area contributed by atoms with Gasteiger partial charge < -0.3 is 4.74 Å². The van der Waals surface area contributed by atoms with E-state index in [1.165, 1.54) is 0 Å². The third kappa shape index (κ3) is 4.58. The van der Waals surface area contributed by atoms with Crippen LogP contribution in [0.4, 0.5) is 13.2 Å². The number of benzene rings is 2. The molecule has 1 saturated carbocycles. The van der Waals surface area contributed by atoms with Gasteiger partial charge in [0.1, 0.15) is 11.9 Å². The molecule has 4 heteroatoms. The molecule has 29 heavy (non-hydrogen) atoms. The van der Waals surface area contributed by atoms with Crippen LogP contribution in [0.25, 0.3) is 6.08 Å². The van der Waals surface area contributed by atoms with E-state index in [0.717, 1.165) is 49.7 Å². The predicted molar refractivity (Wildman–Crippen MR) is 109 cm³/mol. The first-order valence-corrected chi connectivity index (χ1v) is 10.6. The molecule has 0 N–H and O–H groups in total. The Hall–Kier alpha value is -2.07. The Morgan fingerprint density at radius 2 is 1.66 bits per heavy atom. The Balaban J connectivity index is 1.32. The molecule has 1 heterocycles. The molecule has 0 bridgehead atoms. The van der Waals surface area contributed by atoms with Gasteiger partial charge >= 0.3 is 0 Å². The third-order valence-corrected chi connectivity index (χ3v) is 6.37. The van der Waals surface area contributed by atoms with E-state index in [4.69, 9.17) is 4.74 Å². The number of hydrogen-bond donors (Lipinski definition) is 0. The SMILES string of the molecule is C/C=C/c1ccc(CCC2CCC(c3ccc(C4CO4)c(F)c3F)CC2)c(F)c1. The minimum atomic E-state index is -0.746. The summed E-state index contributed by atoms with van der Waals surface area (Å²) in [5.74, 6) is -1.03. The Morgan fingerprint density at radius 1 is 0.966 bits per heavy atom. The quantitative estimate of drug-likeness (QED) is 0.471. The summed E-state index contributed by atoms with van der Waals surface area (Å²) in [6.07, 6.45) is 8.80. The number of hydrogen-bond acceptors (Lipinski definition) is 1. The highest BCUT2D eigenvalue weighted by molar-refractivity contribution is 5.49. The van der Waals surface area contributed by atoms with Crippen molar-refractivity contribution in [2.45, 2.75) is 57.5 Å². The van der Waals surface area contributed by atoms with E-state index < -0.39 is 11.6 Å². The average molecular weight is 400 g/mol. The third-order valence-electron chi connectivity index (χ3n) is 6.37. The Morgan fingerprint density at radius 3 is 2.31 bits per heavy atom. The van der Waals surface area contributed by atoms with E-state index in [9.17, 15) is 13.2 Å². The smallest absolute Gasteiger partial charge is 0.165 e. The molecule has 2 aromatic carbocycles. The van der Waals surface area contributed by atoms with Crippen molar-refractivity contribution in [3.05, 3.63) is 76.1 Å². The fourth-order valence-electron chi connectivity index (χ4n) is 4.56. The van der Waals surface area contributed by atoms with Crippen molar-refractivity contribution in [3.8, 4) is 0 Å². The molecule has 0 spiro atoms. The van der Waals surface area contributed by atoms with Crippen molar-refractivity contribution in [3.63, 3.8) is 0 Å². The molecule has 1 aliphatic heterocycles.